The Balaban J connectivity index is 1.59. The molecule has 200 valence electrons. The number of amides is 2. The molecule has 5 rings (SSSR count). The number of hydrogen-bond donors (Lipinski definition) is 1. The van der Waals surface area contributed by atoms with Crippen LogP contribution >= 0.6 is 11.8 Å². The van der Waals surface area contributed by atoms with Gasteiger partial charge in [-0.2, -0.15) is 5.10 Å². The van der Waals surface area contributed by atoms with E-state index in [9.17, 15) is 9.59 Å². The summed E-state index contributed by atoms with van der Waals surface area (Å²) in [5.74, 6) is 1.07. The Labute approximate surface area is 231 Å². The molecule has 0 radical (unpaired) electrons. The number of nitrogens with zero attached hydrogens (tertiary/aromatic N) is 3. The summed E-state index contributed by atoms with van der Waals surface area (Å²) in [4.78, 5) is 29.3. The number of thioether (sulfide) groups is 1. The fourth-order valence-electron chi connectivity index (χ4n) is 4.73. The molecule has 1 atom stereocenters. The van der Waals surface area contributed by atoms with Crippen LogP contribution in [0.15, 0.2) is 83.9 Å². The quantitative estimate of drug-likeness (QED) is 0.334. The zero-order valence-corrected chi connectivity index (χ0v) is 22.9. The number of methoxy groups -OCH3 is 1. The molecule has 9 heteroatoms. The molecular formula is C30H30N4O4S. The monoisotopic (exact) mass is 542 g/mol. The van der Waals surface area contributed by atoms with E-state index in [1.165, 1.54) is 11.8 Å². The third-order valence-electron chi connectivity index (χ3n) is 6.52. The molecule has 0 saturated carbocycles. The Morgan fingerprint density at radius 2 is 1.74 bits per heavy atom. The zero-order valence-electron chi connectivity index (χ0n) is 22.1. The van der Waals surface area contributed by atoms with Crippen molar-refractivity contribution in [3.63, 3.8) is 0 Å². The van der Waals surface area contributed by atoms with Gasteiger partial charge in [-0.3, -0.25) is 14.5 Å². The van der Waals surface area contributed by atoms with Crippen molar-refractivity contribution < 1.29 is 19.1 Å². The van der Waals surface area contributed by atoms with Gasteiger partial charge in [-0.25, -0.2) is 4.68 Å². The third kappa shape index (κ3) is 5.35. The van der Waals surface area contributed by atoms with Crippen LogP contribution in [0.25, 0.3) is 5.69 Å². The minimum absolute atomic E-state index is 0.161. The van der Waals surface area contributed by atoms with Crippen molar-refractivity contribution in [2.45, 2.75) is 31.5 Å². The number of para-hydroxylation sites is 2. The molecule has 0 fully saturated rings. The SMILES string of the molecule is CCOc1ccc(N2C(=O)CSc3c(c(C)nn3-c3ccccc3)[C@@H]2C(=O)NCc2ccccc2OC)cc1. The maximum Gasteiger partial charge on any atom is 0.248 e. The fourth-order valence-corrected chi connectivity index (χ4v) is 5.81. The summed E-state index contributed by atoms with van der Waals surface area (Å²) >= 11 is 1.40. The molecule has 0 unspecified atom stereocenters. The Kier molecular flexibility index (Phi) is 7.88. The van der Waals surface area contributed by atoms with E-state index in [1.54, 1.807) is 12.0 Å². The van der Waals surface area contributed by atoms with Crippen LogP contribution in [-0.2, 0) is 16.1 Å². The third-order valence-corrected chi connectivity index (χ3v) is 7.57. The molecule has 2 amide bonds. The van der Waals surface area contributed by atoms with Crippen molar-refractivity contribution in [1.82, 2.24) is 15.1 Å². The van der Waals surface area contributed by atoms with Crippen LogP contribution in [0.4, 0.5) is 5.69 Å². The lowest BCUT2D eigenvalue weighted by Gasteiger charge is -2.30. The van der Waals surface area contributed by atoms with E-state index in [-0.39, 0.29) is 24.1 Å². The standard InChI is InChI=1S/C30H30N4O4S/c1-4-38-24-16-14-22(15-17-24)33-26(35)19-39-30-27(20(2)32-34(30)23-11-6-5-7-12-23)28(33)29(36)31-18-21-10-8-9-13-25(21)37-3/h5-17,28H,4,18-19H2,1-3H3,(H,31,36)/t28-/m1/s1. The molecule has 2 heterocycles. The molecule has 39 heavy (non-hydrogen) atoms. The van der Waals surface area contributed by atoms with Gasteiger partial charge in [-0.05, 0) is 56.3 Å². The highest BCUT2D eigenvalue weighted by molar-refractivity contribution is 8.00. The van der Waals surface area contributed by atoms with E-state index in [2.05, 4.69) is 5.32 Å². The van der Waals surface area contributed by atoms with Crippen LogP contribution in [0.3, 0.4) is 0 Å². The highest BCUT2D eigenvalue weighted by Crippen LogP contribution is 2.41. The first-order chi connectivity index (χ1) is 19.0. The largest absolute Gasteiger partial charge is 0.496 e. The smallest absolute Gasteiger partial charge is 0.248 e. The number of benzene rings is 3. The Morgan fingerprint density at radius 1 is 1.03 bits per heavy atom. The summed E-state index contributed by atoms with van der Waals surface area (Å²) in [5.41, 5.74) is 3.71. The minimum atomic E-state index is -0.924. The van der Waals surface area contributed by atoms with Crippen LogP contribution in [0.1, 0.15) is 29.8 Å². The lowest BCUT2D eigenvalue weighted by molar-refractivity contribution is -0.126. The Morgan fingerprint density at radius 3 is 2.46 bits per heavy atom. The minimum Gasteiger partial charge on any atom is -0.496 e. The summed E-state index contributed by atoms with van der Waals surface area (Å²) in [5, 5.41) is 8.64. The van der Waals surface area contributed by atoms with Crippen molar-refractivity contribution in [2.24, 2.45) is 0 Å². The molecule has 0 saturated heterocycles. The van der Waals surface area contributed by atoms with Gasteiger partial charge in [0, 0.05) is 23.4 Å². The van der Waals surface area contributed by atoms with Gasteiger partial charge < -0.3 is 14.8 Å². The fraction of sp³-hybridized carbons (Fsp3) is 0.233. The van der Waals surface area contributed by atoms with Gasteiger partial charge >= 0.3 is 0 Å². The number of hydrogen-bond acceptors (Lipinski definition) is 6. The topological polar surface area (TPSA) is 85.7 Å². The van der Waals surface area contributed by atoms with Crippen molar-refractivity contribution in [1.29, 1.82) is 0 Å². The van der Waals surface area contributed by atoms with Gasteiger partial charge in [-0.15, -0.1) is 0 Å². The molecule has 3 aromatic carbocycles. The second-order valence-corrected chi connectivity index (χ2v) is 9.93. The summed E-state index contributed by atoms with van der Waals surface area (Å²) in [7, 11) is 1.60. The van der Waals surface area contributed by atoms with E-state index < -0.39 is 6.04 Å². The van der Waals surface area contributed by atoms with Gasteiger partial charge in [0.25, 0.3) is 0 Å². The van der Waals surface area contributed by atoms with E-state index in [0.29, 0.717) is 35.1 Å². The molecule has 8 nitrogen and oxygen atoms in total. The van der Waals surface area contributed by atoms with Crippen molar-refractivity contribution in [3.05, 3.63) is 95.7 Å². The second-order valence-electron chi connectivity index (χ2n) is 8.96. The Hall–Kier alpha value is -4.24. The lowest BCUT2D eigenvalue weighted by Crippen LogP contribution is -2.44. The van der Waals surface area contributed by atoms with Crippen LogP contribution in [0.5, 0.6) is 11.5 Å². The summed E-state index contributed by atoms with van der Waals surface area (Å²) in [6.07, 6.45) is 0. The van der Waals surface area contributed by atoms with Crippen molar-refractivity contribution >= 4 is 29.3 Å². The summed E-state index contributed by atoms with van der Waals surface area (Å²) in [6, 6.07) is 23.6. The maximum atomic E-state index is 14.1. The molecule has 0 spiro atoms. The number of ether oxygens (including phenoxy) is 2. The van der Waals surface area contributed by atoms with E-state index >= 15 is 0 Å². The molecule has 1 aromatic heterocycles. The molecular weight excluding hydrogens is 512 g/mol. The van der Waals surface area contributed by atoms with Crippen LogP contribution < -0.4 is 19.7 Å². The number of aromatic nitrogens is 2. The molecule has 0 aliphatic carbocycles. The van der Waals surface area contributed by atoms with Gasteiger partial charge in [0.1, 0.15) is 22.6 Å². The van der Waals surface area contributed by atoms with E-state index in [0.717, 1.165) is 16.3 Å². The first-order valence-electron chi connectivity index (χ1n) is 12.7. The zero-order chi connectivity index (χ0) is 27.4. The number of fused-ring (bicyclic) bond motifs is 1. The number of carbonyl (C=O) groups excluding carboxylic acids is 2. The van der Waals surface area contributed by atoms with Crippen LogP contribution in [-0.4, -0.2) is 41.1 Å². The van der Waals surface area contributed by atoms with Gasteiger partial charge in [0.15, 0.2) is 0 Å². The van der Waals surface area contributed by atoms with Crippen molar-refractivity contribution in [2.75, 3.05) is 24.4 Å². The average Bonchev–Trinajstić information content (AvgIpc) is 3.20. The molecule has 1 aliphatic heterocycles. The molecule has 4 aromatic rings. The number of aryl methyl sites for hydroxylation is 1. The second kappa shape index (κ2) is 11.7. The van der Waals surface area contributed by atoms with Crippen LogP contribution in [0.2, 0.25) is 0 Å². The van der Waals surface area contributed by atoms with E-state index in [4.69, 9.17) is 14.6 Å². The summed E-state index contributed by atoms with van der Waals surface area (Å²) < 4.78 is 12.9. The Bertz CT molecular complexity index is 1470. The van der Waals surface area contributed by atoms with Crippen LogP contribution in [0, 0.1) is 6.92 Å². The van der Waals surface area contributed by atoms with Crippen molar-refractivity contribution in [3.8, 4) is 17.2 Å². The number of anilines is 1. The van der Waals surface area contributed by atoms with Gasteiger partial charge in [0.2, 0.25) is 11.8 Å². The van der Waals surface area contributed by atoms with Gasteiger partial charge in [0.05, 0.1) is 30.9 Å². The maximum absolute atomic E-state index is 14.1. The first kappa shape index (κ1) is 26.4. The molecule has 0 bridgehead atoms. The first-order valence-corrected chi connectivity index (χ1v) is 13.7. The number of carbonyl (C=O) groups is 2. The number of rotatable bonds is 8. The van der Waals surface area contributed by atoms with Gasteiger partial charge in [-0.1, -0.05) is 48.2 Å². The predicted molar refractivity (Wildman–Crippen MR) is 152 cm³/mol. The molecule has 1 N–H and O–H groups in total. The highest BCUT2D eigenvalue weighted by atomic mass is 32.2. The predicted octanol–water partition coefficient (Wildman–Crippen LogP) is 5.08. The molecule has 1 aliphatic rings. The average molecular weight is 543 g/mol. The normalized spacial score (nSPS) is 14.9. The highest BCUT2D eigenvalue weighted by Gasteiger charge is 2.40. The lowest BCUT2D eigenvalue weighted by atomic mass is 10.0. The summed E-state index contributed by atoms with van der Waals surface area (Å²) in [6.45, 7) is 4.58. The number of nitrogens with one attached hydrogen (secondary N) is 1. The van der Waals surface area contributed by atoms with E-state index in [1.807, 2.05) is 97.4 Å².